The highest BCUT2D eigenvalue weighted by Gasteiger charge is 2.27. The Labute approximate surface area is 124 Å². The number of carboxylic acid groups (broad SMARTS) is 1. The van der Waals surface area contributed by atoms with Crippen molar-refractivity contribution in [1.82, 2.24) is 20.4 Å². The van der Waals surface area contributed by atoms with Crippen molar-refractivity contribution in [1.29, 1.82) is 0 Å². The molecule has 0 aromatic heterocycles. The van der Waals surface area contributed by atoms with Gasteiger partial charge in [0, 0.05) is 31.7 Å². The average Bonchev–Trinajstić information content (AvgIpc) is 2.41. The van der Waals surface area contributed by atoms with Gasteiger partial charge in [-0.1, -0.05) is 0 Å². The molecule has 8 nitrogen and oxygen atoms in total. The topological polar surface area (TPSA) is 102 Å². The van der Waals surface area contributed by atoms with Crippen molar-refractivity contribution in [2.45, 2.75) is 26.3 Å². The second-order valence-corrected chi connectivity index (χ2v) is 5.97. The van der Waals surface area contributed by atoms with E-state index in [1.54, 1.807) is 4.90 Å². The Morgan fingerprint density at radius 3 is 2.05 bits per heavy atom. The van der Waals surface area contributed by atoms with E-state index in [0.29, 0.717) is 13.1 Å². The van der Waals surface area contributed by atoms with Crippen LogP contribution in [0.1, 0.15) is 20.8 Å². The second-order valence-electron chi connectivity index (χ2n) is 5.97. The number of nitrogens with zero attached hydrogens (tertiary/aromatic N) is 2. The van der Waals surface area contributed by atoms with Crippen LogP contribution >= 0.6 is 0 Å². The van der Waals surface area contributed by atoms with E-state index in [-0.39, 0.29) is 18.1 Å². The van der Waals surface area contributed by atoms with Crippen molar-refractivity contribution >= 4 is 17.9 Å². The number of carboxylic acids is 1. The molecule has 0 aromatic rings. The summed E-state index contributed by atoms with van der Waals surface area (Å²) in [4.78, 5) is 37.4. The van der Waals surface area contributed by atoms with Crippen molar-refractivity contribution in [2.75, 3.05) is 39.3 Å². The monoisotopic (exact) mass is 300 g/mol. The molecule has 120 valence electrons. The van der Waals surface area contributed by atoms with Crippen molar-refractivity contribution in [2.24, 2.45) is 0 Å². The Hall–Kier alpha value is -1.83. The fourth-order valence-electron chi connectivity index (χ4n) is 2.08. The summed E-state index contributed by atoms with van der Waals surface area (Å²) < 4.78 is 0. The number of urea groups is 1. The molecule has 1 fully saturated rings. The Morgan fingerprint density at radius 2 is 1.57 bits per heavy atom. The Kier molecular flexibility index (Phi) is 5.95. The van der Waals surface area contributed by atoms with Gasteiger partial charge in [-0.2, -0.15) is 0 Å². The molecule has 0 atom stereocenters. The van der Waals surface area contributed by atoms with Crippen LogP contribution in [0.25, 0.3) is 0 Å². The summed E-state index contributed by atoms with van der Waals surface area (Å²) in [5.41, 5.74) is 0.0826. The van der Waals surface area contributed by atoms with E-state index < -0.39 is 18.4 Å². The van der Waals surface area contributed by atoms with Crippen LogP contribution in [-0.2, 0) is 9.59 Å². The van der Waals surface area contributed by atoms with Crippen LogP contribution in [0.5, 0.6) is 0 Å². The van der Waals surface area contributed by atoms with Crippen LogP contribution in [0.4, 0.5) is 4.79 Å². The molecule has 1 heterocycles. The number of hydrogen-bond donors (Lipinski definition) is 3. The van der Waals surface area contributed by atoms with Crippen LogP contribution in [0.15, 0.2) is 0 Å². The molecule has 0 aliphatic carbocycles. The number of carbonyl (C=O) groups excluding carboxylic acids is 2. The van der Waals surface area contributed by atoms with Gasteiger partial charge in [-0.25, -0.2) is 4.79 Å². The largest absolute Gasteiger partial charge is 0.480 e. The smallest absolute Gasteiger partial charge is 0.322 e. The highest BCUT2D eigenvalue weighted by Crippen LogP contribution is 2.15. The number of carbonyl (C=O) groups is 3. The van der Waals surface area contributed by atoms with E-state index in [4.69, 9.17) is 5.11 Å². The molecule has 3 N–H and O–H groups in total. The molecule has 8 heteroatoms. The van der Waals surface area contributed by atoms with E-state index >= 15 is 0 Å². The molecule has 1 aliphatic rings. The maximum absolute atomic E-state index is 11.9. The summed E-state index contributed by atoms with van der Waals surface area (Å²) in [6.45, 7) is 8.55. The molecule has 0 unspecified atom stereocenters. The average molecular weight is 300 g/mol. The lowest BCUT2D eigenvalue weighted by atomic mass is 10.1. The molecule has 1 aliphatic heterocycles. The summed E-state index contributed by atoms with van der Waals surface area (Å²) in [5.74, 6) is -1.63. The van der Waals surface area contributed by atoms with Gasteiger partial charge in [0.2, 0.25) is 5.91 Å². The molecule has 21 heavy (non-hydrogen) atoms. The minimum absolute atomic E-state index is 0.0826. The van der Waals surface area contributed by atoms with Crippen LogP contribution in [-0.4, -0.2) is 77.6 Å². The number of amides is 3. The van der Waals surface area contributed by atoms with E-state index in [9.17, 15) is 14.4 Å². The number of piperazine rings is 1. The Balaban J connectivity index is 2.28. The minimum Gasteiger partial charge on any atom is -0.480 e. The van der Waals surface area contributed by atoms with E-state index in [1.807, 2.05) is 0 Å². The fourth-order valence-corrected chi connectivity index (χ4v) is 2.08. The predicted molar refractivity (Wildman–Crippen MR) is 76.9 cm³/mol. The zero-order chi connectivity index (χ0) is 16.0. The quantitative estimate of drug-likeness (QED) is 0.638. The predicted octanol–water partition coefficient (Wildman–Crippen LogP) is -0.687. The van der Waals surface area contributed by atoms with Crippen LogP contribution < -0.4 is 10.6 Å². The molecule has 0 radical (unpaired) electrons. The SMILES string of the molecule is CC(C)(C)N1CCN(C(=O)NCC(=O)NCC(=O)O)CC1. The first-order valence-corrected chi connectivity index (χ1v) is 6.96. The van der Waals surface area contributed by atoms with Crippen molar-refractivity contribution in [3.8, 4) is 0 Å². The summed E-state index contributed by atoms with van der Waals surface area (Å²) in [5, 5.41) is 13.1. The maximum atomic E-state index is 11.9. The fraction of sp³-hybridized carbons (Fsp3) is 0.769. The van der Waals surface area contributed by atoms with Crippen molar-refractivity contribution < 1.29 is 19.5 Å². The molecule has 1 rings (SSSR count). The first-order chi connectivity index (χ1) is 9.70. The van der Waals surface area contributed by atoms with Gasteiger partial charge in [-0.05, 0) is 20.8 Å². The van der Waals surface area contributed by atoms with Gasteiger partial charge in [0.25, 0.3) is 0 Å². The molecular formula is C13H24N4O4. The molecule has 1 saturated heterocycles. The summed E-state index contributed by atoms with van der Waals surface area (Å²) in [7, 11) is 0. The van der Waals surface area contributed by atoms with Crippen molar-refractivity contribution in [3.63, 3.8) is 0 Å². The summed E-state index contributed by atoms with van der Waals surface area (Å²) >= 11 is 0. The molecule has 3 amide bonds. The molecular weight excluding hydrogens is 276 g/mol. The van der Waals surface area contributed by atoms with Crippen molar-refractivity contribution in [3.05, 3.63) is 0 Å². The van der Waals surface area contributed by atoms with Crippen LogP contribution in [0.3, 0.4) is 0 Å². The van der Waals surface area contributed by atoms with Crippen LogP contribution in [0.2, 0.25) is 0 Å². The van der Waals surface area contributed by atoms with E-state index in [2.05, 4.69) is 36.3 Å². The third-order valence-corrected chi connectivity index (χ3v) is 3.35. The van der Waals surface area contributed by atoms with Gasteiger partial charge in [0.1, 0.15) is 6.54 Å². The standard InChI is InChI=1S/C13H24N4O4/c1-13(2,3)17-6-4-16(5-7-17)12(21)15-8-10(18)14-9-11(19)20/h4-9H2,1-3H3,(H,14,18)(H,15,21)(H,19,20). The summed E-state index contributed by atoms with van der Waals surface area (Å²) in [6.07, 6.45) is 0. The maximum Gasteiger partial charge on any atom is 0.322 e. The molecule has 0 spiro atoms. The van der Waals surface area contributed by atoms with E-state index in [0.717, 1.165) is 13.1 Å². The summed E-state index contributed by atoms with van der Waals surface area (Å²) in [6, 6.07) is -0.297. The van der Waals surface area contributed by atoms with Gasteiger partial charge in [-0.15, -0.1) is 0 Å². The third kappa shape index (κ3) is 5.99. The Bertz CT molecular complexity index is 397. The highest BCUT2D eigenvalue weighted by atomic mass is 16.4. The number of rotatable bonds is 4. The van der Waals surface area contributed by atoms with Gasteiger partial charge in [0.05, 0.1) is 6.54 Å². The number of nitrogens with one attached hydrogen (secondary N) is 2. The normalized spacial score (nSPS) is 16.4. The van der Waals surface area contributed by atoms with Gasteiger partial charge < -0.3 is 20.6 Å². The van der Waals surface area contributed by atoms with Gasteiger partial charge in [0.15, 0.2) is 0 Å². The first kappa shape index (κ1) is 17.2. The van der Waals surface area contributed by atoms with E-state index in [1.165, 1.54) is 0 Å². The highest BCUT2D eigenvalue weighted by molar-refractivity contribution is 5.86. The first-order valence-electron chi connectivity index (χ1n) is 6.96. The molecule has 0 bridgehead atoms. The minimum atomic E-state index is -1.12. The zero-order valence-electron chi connectivity index (χ0n) is 12.8. The third-order valence-electron chi connectivity index (χ3n) is 3.35. The lowest BCUT2D eigenvalue weighted by Crippen LogP contribution is -2.57. The number of aliphatic carboxylic acids is 1. The van der Waals surface area contributed by atoms with Crippen LogP contribution in [0, 0.1) is 0 Å². The lowest BCUT2D eigenvalue weighted by molar-refractivity contribution is -0.137. The molecule has 0 saturated carbocycles. The second kappa shape index (κ2) is 7.26. The van der Waals surface area contributed by atoms with Gasteiger partial charge >= 0.3 is 12.0 Å². The zero-order valence-corrected chi connectivity index (χ0v) is 12.8. The van der Waals surface area contributed by atoms with Gasteiger partial charge in [-0.3, -0.25) is 14.5 Å². The molecule has 0 aromatic carbocycles. The number of hydrogen-bond acceptors (Lipinski definition) is 4. The lowest BCUT2D eigenvalue weighted by Gasteiger charge is -2.42. The Morgan fingerprint density at radius 1 is 1.00 bits per heavy atom.